The first kappa shape index (κ1) is 18.0. The second kappa shape index (κ2) is 6.97. The Labute approximate surface area is 163 Å². The van der Waals surface area contributed by atoms with Crippen LogP contribution in [0.4, 0.5) is 5.69 Å². The number of carbonyl (C=O) groups excluding carboxylic acids is 1. The Hall–Kier alpha value is -3.40. The van der Waals surface area contributed by atoms with Gasteiger partial charge in [0.2, 0.25) is 5.91 Å². The number of amides is 1. The minimum Gasteiger partial charge on any atom is -0.331 e. The first-order valence-electron chi connectivity index (χ1n) is 9.33. The van der Waals surface area contributed by atoms with Crippen molar-refractivity contribution in [1.82, 2.24) is 4.57 Å². The molecule has 0 radical (unpaired) electrons. The summed E-state index contributed by atoms with van der Waals surface area (Å²) >= 11 is 0. The van der Waals surface area contributed by atoms with E-state index >= 15 is 0 Å². The number of carbonyl (C=O) groups is 1. The number of hydrogen-bond donors (Lipinski definition) is 1. The van der Waals surface area contributed by atoms with Gasteiger partial charge in [-0.1, -0.05) is 41.5 Å². The highest BCUT2D eigenvalue weighted by Gasteiger charge is 2.14. The van der Waals surface area contributed by atoms with Crippen molar-refractivity contribution < 1.29 is 4.79 Å². The zero-order valence-corrected chi connectivity index (χ0v) is 16.2. The van der Waals surface area contributed by atoms with Crippen LogP contribution in [-0.2, 0) is 11.3 Å². The minimum absolute atomic E-state index is 0.000312. The van der Waals surface area contributed by atoms with Crippen LogP contribution in [0.1, 0.15) is 16.7 Å². The predicted molar refractivity (Wildman–Crippen MR) is 115 cm³/mol. The number of benzene rings is 3. The molecule has 28 heavy (non-hydrogen) atoms. The van der Waals surface area contributed by atoms with Crippen molar-refractivity contribution in [2.75, 3.05) is 5.32 Å². The van der Waals surface area contributed by atoms with Crippen LogP contribution >= 0.6 is 0 Å². The highest BCUT2D eigenvalue weighted by atomic mass is 16.2. The zero-order chi connectivity index (χ0) is 19.8. The summed E-state index contributed by atoms with van der Waals surface area (Å²) in [4.78, 5) is 25.8. The van der Waals surface area contributed by atoms with E-state index in [-0.39, 0.29) is 17.9 Å². The summed E-state index contributed by atoms with van der Waals surface area (Å²) in [5, 5.41) is 4.27. The fourth-order valence-electron chi connectivity index (χ4n) is 3.70. The molecule has 1 heterocycles. The van der Waals surface area contributed by atoms with Gasteiger partial charge in [-0.2, -0.15) is 0 Å². The molecule has 0 aliphatic carbocycles. The second-order valence-corrected chi connectivity index (χ2v) is 7.32. The first-order valence-corrected chi connectivity index (χ1v) is 9.33. The molecule has 1 amide bonds. The van der Waals surface area contributed by atoms with E-state index in [9.17, 15) is 9.59 Å². The first-order chi connectivity index (χ1) is 13.4. The molecule has 4 rings (SSSR count). The lowest BCUT2D eigenvalue weighted by Crippen LogP contribution is -2.22. The number of rotatable bonds is 3. The topological polar surface area (TPSA) is 51.1 Å². The van der Waals surface area contributed by atoms with E-state index in [2.05, 4.69) is 5.32 Å². The average Bonchev–Trinajstić information content (AvgIpc) is 2.67. The molecule has 4 aromatic rings. The predicted octanol–water partition coefficient (Wildman–Crippen LogP) is 4.72. The minimum atomic E-state index is -0.123. The Morgan fingerprint density at radius 3 is 2.32 bits per heavy atom. The molecule has 0 fully saturated rings. The summed E-state index contributed by atoms with van der Waals surface area (Å²) in [5.74, 6) is -0.123. The van der Waals surface area contributed by atoms with E-state index in [1.807, 2.05) is 86.0 Å². The van der Waals surface area contributed by atoms with Crippen molar-refractivity contribution in [1.29, 1.82) is 0 Å². The van der Waals surface area contributed by atoms with Gasteiger partial charge in [-0.05, 0) is 56.7 Å². The monoisotopic (exact) mass is 370 g/mol. The summed E-state index contributed by atoms with van der Waals surface area (Å²) in [5.41, 5.74) is 5.54. The van der Waals surface area contributed by atoms with Crippen molar-refractivity contribution in [2.24, 2.45) is 0 Å². The van der Waals surface area contributed by atoms with Crippen molar-refractivity contribution in [3.8, 4) is 0 Å². The summed E-state index contributed by atoms with van der Waals surface area (Å²) in [6.45, 7) is 6.10. The van der Waals surface area contributed by atoms with Gasteiger partial charge in [-0.25, -0.2) is 0 Å². The van der Waals surface area contributed by atoms with Gasteiger partial charge in [0, 0.05) is 16.5 Å². The van der Waals surface area contributed by atoms with E-state index in [1.165, 1.54) is 0 Å². The third-order valence-corrected chi connectivity index (χ3v) is 5.08. The Bertz CT molecular complexity index is 1290. The fourth-order valence-corrected chi connectivity index (χ4v) is 3.70. The molecule has 4 nitrogen and oxygen atoms in total. The fraction of sp³-hybridized carbons (Fsp3) is 0.167. The largest absolute Gasteiger partial charge is 0.331 e. The van der Waals surface area contributed by atoms with Crippen LogP contribution in [0.15, 0.2) is 65.5 Å². The quantitative estimate of drug-likeness (QED) is 0.531. The smallest absolute Gasteiger partial charge is 0.244 e. The van der Waals surface area contributed by atoms with Crippen LogP contribution in [0, 0.1) is 20.8 Å². The highest BCUT2D eigenvalue weighted by molar-refractivity contribution is 5.97. The molecule has 3 aromatic carbocycles. The molecule has 0 spiro atoms. The third kappa shape index (κ3) is 3.18. The number of pyridine rings is 1. The molecule has 140 valence electrons. The molecule has 0 aliphatic rings. The summed E-state index contributed by atoms with van der Waals surface area (Å²) in [6, 6.07) is 19.2. The lowest BCUT2D eigenvalue weighted by Gasteiger charge is -2.16. The molecule has 0 unspecified atom stereocenters. The molecule has 1 aromatic heterocycles. The van der Waals surface area contributed by atoms with E-state index in [1.54, 1.807) is 0 Å². The van der Waals surface area contributed by atoms with E-state index in [0.29, 0.717) is 10.8 Å². The summed E-state index contributed by atoms with van der Waals surface area (Å²) in [7, 11) is 0. The Kier molecular flexibility index (Phi) is 4.47. The molecule has 4 heteroatoms. The van der Waals surface area contributed by atoms with Crippen LogP contribution in [0.5, 0.6) is 0 Å². The molecule has 0 atom stereocenters. The van der Waals surface area contributed by atoms with Gasteiger partial charge >= 0.3 is 0 Å². The number of aromatic nitrogens is 1. The third-order valence-electron chi connectivity index (χ3n) is 5.08. The number of aryl methyl sites for hydroxylation is 3. The maximum absolute atomic E-state index is 12.9. The summed E-state index contributed by atoms with van der Waals surface area (Å²) in [6.07, 6.45) is 0. The molecule has 1 N–H and O–H groups in total. The number of para-hydroxylation sites is 1. The number of fused-ring (bicyclic) bond motifs is 2. The zero-order valence-electron chi connectivity index (χ0n) is 16.2. The van der Waals surface area contributed by atoms with E-state index < -0.39 is 0 Å². The van der Waals surface area contributed by atoms with E-state index in [0.717, 1.165) is 33.4 Å². The number of hydrogen-bond acceptors (Lipinski definition) is 2. The lowest BCUT2D eigenvalue weighted by atomic mass is 10.1. The molecule has 0 aliphatic heterocycles. The Balaban J connectivity index is 1.81. The van der Waals surface area contributed by atoms with E-state index in [4.69, 9.17) is 0 Å². The van der Waals surface area contributed by atoms with Crippen molar-refractivity contribution in [2.45, 2.75) is 27.3 Å². The molecule has 0 saturated carbocycles. The van der Waals surface area contributed by atoms with Crippen LogP contribution < -0.4 is 10.7 Å². The number of anilines is 1. The van der Waals surface area contributed by atoms with Crippen molar-refractivity contribution in [3.05, 3.63) is 87.6 Å². The highest BCUT2D eigenvalue weighted by Crippen LogP contribution is 2.21. The van der Waals surface area contributed by atoms with Gasteiger partial charge in [-0.15, -0.1) is 0 Å². The Morgan fingerprint density at radius 1 is 0.857 bits per heavy atom. The van der Waals surface area contributed by atoms with Gasteiger partial charge in [-0.3, -0.25) is 9.59 Å². The van der Waals surface area contributed by atoms with Crippen molar-refractivity contribution >= 4 is 33.4 Å². The average molecular weight is 370 g/mol. The van der Waals surface area contributed by atoms with Crippen LogP contribution in [0.3, 0.4) is 0 Å². The summed E-state index contributed by atoms with van der Waals surface area (Å²) < 4.78 is 1.92. The van der Waals surface area contributed by atoms with Crippen LogP contribution in [0.2, 0.25) is 0 Å². The molecular weight excluding hydrogens is 348 g/mol. The van der Waals surface area contributed by atoms with Gasteiger partial charge in [0.15, 0.2) is 5.43 Å². The SMILES string of the molecule is Cc1ccc(NC(=O)Cn2c3ccccc3c(=O)c3cc(C)ccc32)c(C)c1. The van der Waals surface area contributed by atoms with Gasteiger partial charge in [0.1, 0.15) is 6.54 Å². The maximum atomic E-state index is 12.9. The second-order valence-electron chi connectivity index (χ2n) is 7.32. The molecule has 0 bridgehead atoms. The lowest BCUT2D eigenvalue weighted by molar-refractivity contribution is -0.116. The molecule has 0 saturated heterocycles. The van der Waals surface area contributed by atoms with Gasteiger partial charge in [0.25, 0.3) is 0 Å². The van der Waals surface area contributed by atoms with Crippen LogP contribution in [-0.4, -0.2) is 10.5 Å². The number of nitrogens with one attached hydrogen (secondary N) is 1. The number of nitrogens with zero attached hydrogens (tertiary/aromatic N) is 1. The Morgan fingerprint density at radius 2 is 1.54 bits per heavy atom. The van der Waals surface area contributed by atoms with Gasteiger partial charge in [0.05, 0.1) is 11.0 Å². The van der Waals surface area contributed by atoms with Crippen LogP contribution in [0.25, 0.3) is 21.8 Å². The van der Waals surface area contributed by atoms with Gasteiger partial charge < -0.3 is 9.88 Å². The standard InChI is InChI=1S/C24H22N2O2/c1-15-8-10-20(17(3)12-15)25-23(27)14-26-21-7-5-4-6-18(21)24(28)19-13-16(2)9-11-22(19)26/h4-13H,14H2,1-3H3,(H,25,27). The van der Waals surface area contributed by atoms with Crippen molar-refractivity contribution in [3.63, 3.8) is 0 Å². The molecular formula is C24H22N2O2. The normalized spacial score (nSPS) is 11.1. The maximum Gasteiger partial charge on any atom is 0.244 e.